The molecule has 6 nitrogen and oxygen atoms in total. The SMILES string of the molecule is COc1cc2c(=O)c3c4ccc(C#N)cc4[nH]c3n(C(C)C)c2c(F)c1C1=CC(C)N(C)C(C)C1. The van der Waals surface area contributed by atoms with Gasteiger partial charge in [-0.3, -0.25) is 9.69 Å². The van der Waals surface area contributed by atoms with Crippen LogP contribution in [0.1, 0.15) is 51.3 Å². The number of nitrogens with zero attached hydrogens (tertiary/aromatic N) is 3. The largest absolute Gasteiger partial charge is 0.496 e. The molecule has 4 aromatic rings. The third-order valence-corrected chi connectivity index (χ3v) is 7.42. The number of halogens is 1. The fourth-order valence-corrected chi connectivity index (χ4v) is 5.44. The summed E-state index contributed by atoms with van der Waals surface area (Å²) in [6.45, 7) is 8.16. The van der Waals surface area contributed by atoms with E-state index in [0.29, 0.717) is 45.2 Å². The highest BCUT2D eigenvalue weighted by Gasteiger charge is 2.29. The van der Waals surface area contributed by atoms with E-state index < -0.39 is 5.82 Å². The highest BCUT2D eigenvalue weighted by atomic mass is 19.1. The molecule has 3 heterocycles. The number of hydrogen-bond donors (Lipinski definition) is 1. The lowest BCUT2D eigenvalue weighted by molar-refractivity contribution is 0.219. The first-order valence-electron chi connectivity index (χ1n) is 11.9. The molecule has 2 aromatic carbocycles. The van der Waals surface area contributed by atoms with Gasteiger partial charge in [0.25, 0.3) is 0 Å². The molecule has 0 bridgehead atoms. The number of ether oxygens (including phenoxy) is 1. The van der Waals surface area contributed by atoms with Gasteiger partial charge in [-0.05, 0) is 64.9 Å². The molecule has 0 fully saturated rings. The fraction of sp³-hybridized carbons (Fsp3) is 0.357. The Morgan fingerprint density at radius 1 is 1.23 bits per heavy atom. The van der Waals surface area contributed by atoms with Crippen molar-refractivity contribution in [2.75, 3.05) is 14.2 Å². The number of hydrogen-bond acceptors (Lipinski definition) is 4. The number of rotatable bonds is 3. The summed E-state index contributed by atoms with van der Waals surface area (Å²) in [4.78, 5) is 19.4. The lowest BCUT2D eigenvalue weighted by Crippen LogP contribution is -2.39. The van der Waals surface area contributed by atoms with Gasteiger partial charge in [0.05, 0.1) is 40.6 Å². The average molecular weight is 473 g/mol. The van der Waals surface area contributed by atoms with Gasteiger partial charge in [0.1, 0.15) is 11.4 Å². The van der Waals surface area contributed by atoms with Gasteiger partial charge in [0.2, 0.25) is 0 Å². The van der Waals surface area contributed by atoms with Gasteiger partial charge in [0.15, 0.2) is 11.2 Å². The quantitative estimate of drug-likeness (QED) is 0.413. The van der Waals surface area contributed by atoms with Crippen molar-refractivity contribution in [3.05, 3.63) is 57.5 Å². The van der Waals surface area contributed by atoms with E-state index in [1.165, 1.54) is 7.11 Å². The molecule has 35 heavy (non-hydrogen) atoms. The van der Waals surface area contributed by atoms with E-state index in [-0.39, 0.29) is 34.5 Å². The van der Waals surface area contributed by atoms with Gasteiger partial charge in [-0.15, -0.1) is 0 Å². The minimum atomic E-state index is -0.446. The van der Waals surface area contributed by atoms with Crippen LogP contribution in [0.5, 0.6) is 5.75 Å². The summed E-state index contributed by atoms with van der Waals surface area (Å²) in [5.41, 5.74) is 3.03. The molecular weight excluding hydrogens is 443 g/mol. The van der Waals surface area contributed by atoms with E-state index in [2.05, 4.69) is 42.9 Å². The minimum absolute atomic E-state index is 0.135. The normalized spacial score (nSPS) is 19.0. The van der Waals surface area contributed by atoms with Crippen molar-refractivity contribution in [2.24, 2.45) is 0 Å². The molecule has 5 rings (SSSR count). The molecule has 0 radical (unpaired) electrons. The standard InChI is InChI=1S/C28H29FN4O2/c1-14(2)33-26-20(27(34)24-19-8-7-17(13-30)11-21(19)31-28(24)33)12-22(35-6)23(25(26)29)18-9-15(3)32(5)16(4)10-18/h7-9,11-12,14-16,31H,10H2,1-6H3. The van der Waals surface area contributed by atoms with Crippen LogP contribution >= 0.6 is 0 Å². The summed E-state index contributed by atoms with van der Waals surface area (Å²) >= 11 is 0. The molecule has 7 heteroatoms. The average Bonchev–Trinajstić information content (AvgIpc) is 3.20. The molecule has 2 unspecified atom stereocenters. The molecule has 1 N–H and O–H groups in total. The minimum Gasteiger partial charge on any atom is -0.496 e. The van der Waals surface area contributed by atoms with E-state index in [4.69, 9.17) is 4.74 Å². The third kappa shape index (κ3) is 3.35. The topological polar surface area (TPSA) is 74.0 Å². The summed E-state index contributed by atoms with van der Waals surface area (Å²) in [6.07, 6.45) is 2.76. The van der Waals surface area contributed by atoms with Crippen molar-refractivity contribution in [3.8, 4) is 11.8 Å². The van der Waals surface area contributed by atoms with Crippen LogP contribution in [-0.4, -0.2) is 40.7 Å². The Bertz CT molecular complexity index is 1640. The van der Waals surface area contributed by atoms with E-state index in [9.17, 15) is 10.1 Å². The molecule has 180 valence electrons. The Balaban J connectivity index is 1.95. The van der Waals surface area contributed by atoms with Gasteiger partial charge in [-0.1, -0.05) is 12.1 Å². The zero-order chi connectivity index (χ0) is 25.2. The maximum absolute atomic E-state index is 16.6. The van der Waals surface area contributed by atoms with E-state index >= 15 is 4.39 Å². The smallest absolute Gasteiger partial charge is 0.199 e. The van der Waals surface area contributed by atoms with Crippen molar-refractivity contribution in [1.29, 1.82) is 5.26 Å². The van der Waals surface area contributed by atoms with Crippen LogP contribution in [0.3, 0.4) is 0 Å². The van der Waals surface area contributed by atoms with Gasteiger partial charge >= 0.3 is 0 Å². The van der Waals surface area contributed by atoms with Crippen molar-refractivity contribution in [1.82, 2.24) is 14.5 Å². The highest BCUT2D eigenvalue weighted by Crippen LogP contribution is 2.40. The monoisotopic (exact) mass is 472 g/mol. The summed E-state index contributed by atoms with van der Waals surface area (Å²) in [5.74, 6) is -0.0813. The Morgan fingerprint density at radius 2 is 1.97 bits per heavy atom. The lowest BCUT2D eigenvalue weighted by atomic mass is 9.90. The van der Waals surface area contributed by atoms with Crippen LogP contribution < -0.4 is 10.2 Å². The summed E-state index contributed by atoms with van der Waals surface area (Å²) in [5, 5.41) is 10.8. The van der Waals surface area contributed by atoms with E-state index in [0.717, 1.165) is 5.57 Å². The number of aromatic amines is 1. The molecule has 1 aliphatic rings. The second-order valence-corrected chi connectivity index (χ2v) is 9.83. The fourth-order valence-electron chi connectivity index (χ4n) is 5.44. The first-order chi connectivity index (χ1) is 16.7. The van der Waals surface area contributed by atoms with E-state index in [1.54, 1.807) is 24.3 Å². The zero-order valence-electron chi connectivity index (χ0n) is 20.9. The Morgan fingerprint density at radius 3 is 2.60 bits per heavy atom. The van der Waals surface area contributed by atoms with Gasteiger partial charge in [-0.25, -0.2) is 4.39 Å². The Hall–Kier alpha value is -3.63. The molecule has 0 saturated heterocycles. The van der Waals surface area contributed by atoms with Gasteiger partial charge < -0.3 is 14.3 Å². The summed E-state index contributed by atoms with van der Waals surface area (Å²) in [6, 6.07) is 9.26. The predicted octanol–water partition coefficient (Wildman–Crippen LogP) is 5.73. The summed E-state index contributed by atoms with van der Waals surface area (Å²) in [7, 11) is 3.58. The van der Waals surface area contributed by atoms with Crippen LogP contribution in [-0.2, 0) is 0 Å². The molecule has 0 saturated carbocycles. The second-order valence-electron chi connectivity index (χ2n) is 9.83. The number of fused-ring (bicyclic) bond motifs is 4. The van der Waals surface area contributed by atoms with Crippen molar-refractivity contribution in [2.45, 2.75) is 52.2 Å². The first kappa shape index (κ1) is 23.1. The number of benzene rings is 2. The number of likely N-dealkylation sites (N-methyl/N-ethyl adjacent to an activating group) is 1. The molecule has 1 aliphatic heterocycles. The highest BCUT2D eigenvalue weighted by molar-refractivity contribution is 6.10. The van der Waals surface area contributed by atoms with Crippen LogP contribution in [0, 0.1) is 17.1 Å². The Labute approximate surface area is 203 Å². The van der Waals surface area contributed by atoms with Crippen molar-refractivity contribution < 1.29 is 9.13 Å². The number of pyridine rings is 1. The third-order valence-electron chi connectivity index (χ3n) is 7.42. The summed E-state index contributed by atoms with van der Waals surface area (Å²) < 4.78 is 24.1. The van der Waals surface area contributed by atoms with Crippen LogP contribution in [0.25, 0.3) is 38.4 Å². The second kappa shape index (κ2) is 8.24. The van der Waals surface area contributed by atoms with Crippen molar-refractivity contribution in [3.63, 3.8) is 0 Å². The molecule has 2 atom stereocenters. The van der Waals surface area contributed by atoms with Gasteiger partial charge in [0, 0.05) is 29.0 Å². The van der Waals surface area contributed by atoms with Gasteiger partial charge in [-0.2, -0.15) is 5.26 Å². The molecular formula is C28H29FN4O2. The number of methoxy groups -OCH3 is 1. The van der Waals surface area contributed by atoms with Crippen LogP contribution in [0.15, 0.2) is 35.1 Å². The number of H-pyrrole nitrogens is 1. The number of aromatic nitrogens is 2. The maximum Gasteiger partial charge on any atom is 0.199 e. The first-order valence-corrected chi connectivity index (χ1v) is 11.9. The molecule has 0 amide bonds. The number of nitrogens with one attached hydrogen (secondary N) is 1. The Kier molecular flexibility index (Phi) is 5.45. The van der Waals surface area contributed by atoms with Crippen molar-refractivity contribution >= 4 is 38.4 Å². The molecule has 2 aromatic heterocycles. The van der Waals surface area contributed by atoms with Crippen LogP contribution in [0.2, 0.25) is 0 Å². The molecule has 0 aliphatic carbocycles. The van der Waals surface area contributed by atoms with Crippen LogP contribution in [0.4, 0.5) is 4.39 Å². The number of nitriles is 1. The predicted molar refractivity (Wildman–Crippen MR) is 138 cm³/mol. The zero-order valence-corrected chi connectivity index (χ0v) is 20.9. The lowest BCUT2D eigenvalue weighted by Gasteiger charge is -2.35. The molecule has 0 spiro atoms. The van der Waals surface area contributed by atoms with E-state index in [1.807, 2.05) is 18.4 Å². The maximum atomic E-state index is 16.6.